The van der Waals surface area contributed by atoms with Crippen molar-refractivity contribution in [2.45, 2.75) is 25.5 Å². The average Bonchev–Trinajstić information content (AvgIpc) is 3.03. The summed E-state index contributed by atoms with van der Waals surface area (Å²) in [6, 6.07) is 9.66. The summed E-state index contributed by atoms with van der Waals surface area (Å²) >= 11 is 1.27. The summed E-state index contributed by atoms with van der Waals surface area (Å²) in [7, 11) is 0. The van der Waals surface area contributed by atoms with E-state index >= 15 is 0 Å². The number of fused-ring (bicyclic) bond motifs is 1. The molecule has 0 saturated carbocycles. The van der Waals surface area contributed by atoms with Gasteiger partial charge in [-0.05, 0) is 11.5 Å². The highest BCUT2D eigenvalue weighted by Gasteiger charge is 2.21. The molecular weight excluding hydrogens is 394 g/mol. The van der Waals surface area contributed by atoms with Gasteiger partial charge in [0.1, 0.15) is 0 Å². The summed E-state index contributed by atoms with van der Waals surface area (Å²) < 4.78 is 12.1. The number of imidazole rings is 1. The van der Waals surface area contributed by atoms with E-state index in [1.165, 1.54) is 11.8 Å². The first-order valence-corrected chi connectivity index (χ1v) is 10.1. The van der Waals surface area contributed by atoms with Gasteiger partial charge in [-0.15, -0.1) is 0 Å². The molecule has 0 bridgehead atoms. The third-order valence-corrected chi connectivity index (χ3v) is 4.61. The number of nitrogen functional groups attached to an aromatic ring is 1. The Balaban J connectivity index is 2.00. The van der Waals surface area contributed by atoms with Gasteiger partial charge in [0, 0.05) is 5.75 Å². The Kier molecular flexibility index (Phi) is 6.89. The molecule has 0 fully saturated rings. The van der Waals surface area contributed by atoms with E-state index in [-0.39, 0.29) is 31.0 Å². The van der Waals surface area contributed by atoms with Gasteiger partial charge >= 0.3 is 12.2 Å². The van der Waals surface area contributed by atoms with Crippen molar-refractivity contribution in [3.8, 4) is 6.01 Å². The second kappa shape index (κ2) is 9.57. The molecule has 0 aliphatic rings. The third-order valence-electron chi connectivity index (χ3n) is 3.78. The Hall–Kier alpha value is -2.85. The number of aliphatic hydroxyl groups excluding tert-OH is 1. The van der Waals surface area contributed by atoms with Crippen molar-refractivity contribution in [3.05, 3.63) is 35.9 Å². The Bertz CT molecular complexity index is 978. The number of hydrogen-bond donors (Lipinski definition) is 2. The number of aliphatic hydroxyl groups is 1. The minimum Gasteiger partial charge on any atom is -0.434 e. The first-order chi connectivity index (χ1) is 14.0. The number of rotatable bonds is 8. The molecule has 0 aliphatic heterocycles. The quantitative estimate of drug-likeness (QED) is 0.323. The summed E-state index contributed by atoms with van der Waals surface area (Å²) in [4.78, 5) is 25.1. The fraction of sp³-hybridized carbons (Fsp3) is 0.368. The van der Waals surface area contributed by atoms with E-state index in [0.717, 1.165) is 5.56 Å². The lowest BCUT2D eigenvalue weighted by Crippen LogP contribution is -2.17. The van der Waals surface area contributed by atoms with Gasteiger partial charge in [0.25, 0.3) is 0 Å². The van der Waals surface area contributed by atoms with Crippen molar-refractivity contribution in [2.75, 3.05) is 24.7 Å². The van der Waals surface area contributed by atoms with Gasteiger partial charge < -0.3 is 20.3 Å². The summed E-state index contributed by atoms with van der Waals surface area (Å²) in [6.45, 7) is 4.46. The second-order valence-corrected chi connectivity index (χ2v) is 7.72. The van der Waals surface area contributed by atoms with Crippen LogP contribution in [0, 0.1) is 5.92 Å². The molecule has 9 nitrogen and oxygen atoms in total. The van der Waals surface area contributed by atoms with Crippen LogP contribution in [0.3, 0.4) is 0 Å². The van der Waals surface area contributed by atoms with E-state index < -0.39 is 6.16 Å². The molecule has 154 valence electrons. The van der Waals surface area contributed by atoms with E-state index in [4.69, 9.17) is 20.3 Å². The standard InChI is InChI=1S/C19H23N5O4S/c1-12(2)11-27-19(26)28-18-21-14-15(20)22-17(29-9-8-25)23-16(14)24(18)10-13-6-4-3-5-7-13/h3-7,12,25H,8-11H2,1-2H3,(H2,20,22,23). The first-order valence-electron chi connectivity index (χ1n) is 9.14. The van der Waals surface area contributed by atoms with Crippen LogP contribution in [0.4, 0.5) is 10.6 Å². The van der Waals surface area contributed by atoms with E-state index in [0.29, 0.717) is 28.6 Å². The van der Waals surface area contributed by atoms with Crippen molar-refractivity contribution >= 4 is 34.9 Å². The lowest BCUT2D eigenvalue weighted by Gasteiger charge is -2.10. The van der Waals surface area contributed by atoms with Crippen LogP contribution in [0.1, 0.15) is 19.4 Å². The molecule has 0 amide bonds. The smallest absolute Gasteiger partial charge is 0.434 e. The van der Waals surface area contributed by atoms with Crippen LogP contribution in [0.15, 0.2) is 35.5 Å². The molecule has 0 unspecified atom stereocenters. The Morgan fingerprint density at radius 3 is 2.69 bits per heavy atom. The molecule has 0 atom stereocenters. The van der Waals surface area contributed by atoms with Crippen LogP contribution in [0.25, 0.3) is 11.2 Å². The molecule has 1 aromatic carbocycles. The van der Waals surface area contributed by atoms with E-state index in [2.05, 4.69) is 15.0 Å². The second-order valence-electron chi connectivity index (χ2n) is 6.66. The third kappa shape index (κ3) is 5.36. The number of thioether (sulfide) groups is 1. The van der Waals surface area contributed by atoms with Gasteiger partial charge in [-0.1, -0.05) is 55.9 Å². The molecule has 3 rings (SSSR count). The predicted molar refractivity (Wildman–Crippen MR) is 110 cm³/mol. The first kappa shape index (κ1) is 20.9. The predicted octanol–water partition coefficient (Wildman–Crippen LogP) is 2.71. The van der Waals surface area contributed by atoms with Gasteiger partial charge in [0.2, 0.25) is 0 Å². The van der Waals surface area contributed by atoms with Crippen molar-refractivity contribution in [3.63, 3.8) is 0 Å². The topological polar surface area (TPSA) is 125 Å². The highest BCUT2D eigenvalue weighted by Crippen LogP contribution is 2.27. The Labute approximate surface area is 172 Å². The maximum atomic E-state index is 12.1. The van der Waals surface area contributed by atoms with Crippen LogP contribution >= 0.6 is 11.8 Å². The number of ether oxygens (including phenoxy) is 2. The molecule has 10 heteroatoms. The number of hydrogen-bond acceptors (Lipinski definition) is 9. The minimum absolute atomic E-state index is 0.00863. The number of nitrogens with two attached hydrogens (primary N) is 1. The highest BCUT2D eigenvalue weighted by molar-refractivity contribution is 7.99. The molecule has 0 aliphatic carbocycles. The zero-order chi connectivity index (χ0) is 20.8. The van der Waals surface area contributed by atoms with E-state index in [1.54, 1.807) is 4.57 Å². The van der Waals surface area contributed by atoms with E-state index in [1.807, 2.05) is 44.2 Å². The maximum absolute atomic E-state index is 12.1. The fourth-order valence-electron chi connectivity index (χ4n) is 2.51. The number of aromatic nitrogens is 4. The zero-order valence-corrected chi connectivity index (χ0v) is 17.1. The average molecular weight is 417 g/mol. The Morgan fingerprint density at radius 2 is 2.00 bits per heavy atom. The van der Waals surface area contributed by atoms with Crippen LogP contribution in [0.2, 0.25) is 0 Å². The van der Waals surface area contributed by atoms with Gasteiger partial charge in [0.15, 0.2) is 22.1 Å². The van der Waals surface area contributed by atoms with Crippen molar-refractivity contribution < 1.29 is 19.4 Å². The summed E-state index contributed by atoms with van der Waals surface area (Å²) in [5, 5.41) is 9.47. The SMILES string of the molecule is CC(C)COC(=O)Oc1nc2c(N)nc(SCCO)nc2n1Cc1ccccc1. The van der Waals surface area contributed by atoms with E-state index in [9.17, 15) is 4.79 Å². The number of carbonyl (C=O) groups excluding carboxylic acids is 1. The van der Waals surface area contributed by atoms with Crippen molar-refractivity contribution in [1.29, 1.82) is 0 Å². The normalized spacial score (nSPS) is 11.2. The minimum atomic E-state index is -0.843. The van der Waals surface area contributed by atoms with Crippen LogP contribution in [-0.4, -0.2) is 49.7 Å². The lowest BCUT2D eigenvalue weighted by atomic mass is 10.2. The molecule has 3 N–H and O–H groups in total. The molecule has 2 heterocycles. The number of nitrogens with zero attached hydrogens (tertiary/aromatic N) is 4. The summed E-state index contributed by atoms with van der Waals surface area (Å²) in [5.74, 6) is 0.781. The molecule has 0 radical (unpaired) electrons. The summed E-state index contributed by atoms with van der Waals surface area (Å²) in [5.41, 5.74) is 7.80. The van der Waals surface area contributed by atoms with Crippen LogP contribution < -0.4 is 10.5 Å². The lowest BCUT2D eigenvalue weighted by molar-refractivity contribution is 0.0845. The van der Waals surface area contributed by atoms with Crippen LogP contribution in [0.5, 0.6) is 6.01 Å². The molecule has 3 aromatic rings. The van der Waals surface area contributed by atoms with Gasteiger partial charge in [0.05, 0.1) is 19.8 Å². The Morgan fingerprint density at radius 1 is 1.24 bits per heavy atom. The monoisotopic (exact) mass is 417 g/mol. The number of anilines is 1. The van der Waals surface area contributed by atoms with Crippen LogP contribution in [-0.2, 0) is 11.3 Å². The van der Waals surface area contributed by atoms with Crippen molar-refractivity contribution in [1.82, 2.24) is 19.5 Å². The fourth-order valence-corrected chi connectivity index (χ4v) is 3.10. The van der Waals surface area contributed by atoms with Crippen molar-refractivity contribution in [2.24, 2.45) is 5.92 Å². The maximum Gasteiger partial charge on any atom is 0.516 e. The number of carbonyl (C=O) groups is 1. The largest absolute Gasteiger partial charge is 0.516 e. The van der Waals surface area contributed by atoms with Gasteiger partial charge in [-0.3, -0.25) is 4.57 Å². The summed E-state index contributed by atoms with van der Waals surface area (Å²) in [6.07, 6.45) is -0.843. The molecule has 0 saturated heterocycles. The highest BCUT2D eigenvalue weighted by atomic mass is 32.2. The number of benzene rings is 1. The zero-order valence-electron chi connectivity index (χ0n) is 16.2. The molecule has 2 aromatic heterocycles. The molecular formula is C19H23N5O4S. The van der Waals surface area contributed by atoms with Gasteiger partial charge in [-0.25, -0.2) is 14.8 Å². The van der Waals surface area contributed by atoms with Gasteiger partial charge in [-0.2, -0.15) is 4.98 Å². The molecule has 29 heavy (non-hydrogen) atoms. The molecule has 0 spiro atoms.